The van der Waals surface area contributed by atoms with E-state index in [9.17, 15) is 9.59 Å². The summed E-state index contributed by atoms with van der Waals surface area (Å²) in [6.07, 6.45) is 6.47. The van der Waals surface area contributed by atoms with Crippen molar-refractivity contribution in [2.75, 3.05) is 18.0 Å². The highest BCUT2D eigenvalue weighted by atomic mass is 16.2. The van der Waals surface area contributed by atoms with Crippen molar-refractivity contribution < 1.29 is 4.79 Å². The summed E-state index contributed by atoms with van der Waals surface area (Å²) in [5.74, 6) is 0.699. The molecule has 0 radical (unpaired) electrons. The summed E-state index contributed by atoms with van der Waals surface area (Å²) < 4.78 is 3.56. The lowest BCUT2D eigenvalue weighted by Gasteiger charge is -2.33. The monoisotopic (exact) mass is 483 g/mol. The highest BCUT2D eigenvalue weighted by Gasteiger charge is 2.27. The third-order valence-corrected chi connectivity index (χ3v) is 6.80. The molecule has 0 saturated carbocycles. The fraction of sp³-hybridized carbons (Fsp3) is 0.280. The first kappa shape index (κ1) is 22.0. The molecule has 1 amide bonds. The Kier molecular flexibility index (Phi) is 5.44. The number of para-hydroxylation sites is 2. The van der Waals surface area contributed by atoms with Crippen LogP contribution in [-0.4, -0.2) is 53.1 Å². The molecule has 6 rings (SSSR count). The maximum Gasteiger partial charge on any atom is 0.326 e. The first-order valence-corrected chi connectivity index (χ1v) is 11.9. The highest BCUT2D eigenvalue weighted by Crippen LogP contribution is 2.30. The van der Waals surface area contributed by atoms with Crippen LogP contribution in [0, 0.1) is 0 Å². The van der Waals surface area contributed by atoms with E-state index in [2.05, 4.69) is 35.1 Å². The molecule has 5 aromatic rings. The second-order valence-electron chi connectivity index (χ2n) is 8.94. The second kappa shape index (κ2) is 8.91. The maximum atomic E-state index is 12.9. The van der Waals surface area contributed by atoms with Crippen LogP contribution in [0.2, 0.25) is 0 Å². The number of benzene rings is 1. The van der Waals surface area contributed by atoms with Crippen LogP contribution in [0.5, 0.6) is 0 Å². The highest BCUT2D eigenvalue weighted by molar-refractivity contribution is 5.96. The lowest BCUT2D eigenvalue weighted by atomic mass is 10.0. The van der Waals surface area contributed by atoms with Crippen LogP contribution >= 0.6 is 0 Å². The molecule has 0 unspecified atom stereocenters. The molecule has 1 aliphatic heterocycles. The van der Waals surface area contributed by atoms with Gasteiger partial charge in [-0.05, 0) is 42.7 Å². The summed E-state index contributed by atoms with van der Waals surface area (Å²) in [7, 11) is 1.78. The largest absolute Gasteiger partial charge is 0.355 e. The van der Waals surface area contributed by atoms with Crippen molar-refractivity contribution in [1.29, 1.82) is 0 Å². The van der Waals surface area contributed by atoms with Crippen molar-refractivity contribution in [2.45, 2.75) is 25.4 Å². The van der Waals surface area contributed by atoms with Gasteiger partial charge in [-0.25, -0.2) is 19.7 Å². The quantitative estimate of drug-likeness (QED) is 0.392. The Morgan fingerprint density at radius 2 is 1.89 bits per heavy atom. The summed E-state index contributed by atoms with van der Waals surface area (Å²) in [5.41, 5.74) is 3.85. The van der Waals surface area contributed by atoms with Gasteiger partial charge >= 0.3 is 5.69 Å². The number of nitrogens with zero attached hydrogens (tertiary/aromatic N) is 7. The van der Waals surface area contributed by atoms with Gasteiger partial charge in [-0.3, -0.25) is 14.3 Å². The standard InChI is InChI=1S/C25H25N9O2/c1-32-21-20(31-23(32)24(35)27-14-16-6-10-26-11-7-16)22(29-15-28-21)33-12-8-17(9-13-33)34-19-5-3-2-4-18(19)30-25(34)36/h2-7,10-11,15,17H,8-9,12-14H2,1H3,(H,27,35)(H,30,36). The molecule has 1 saturated heterocycles. The number of carbonyl (C=O) groups excluding carboxylic acids is 1. The predicted molar refractivity (Wildman–Crippen MR) is 135 cm³/mol. The van der Waals surface area contributed by atoms with E-state index in [0.29, 0.717) is 36.6 Å². The van der Waals surface area contributed by atoms with Crippen LogP contribution in [0.3, 0.4) is 0 Å². The lowest BCUT2D eigenvalue weighted by molar-refractivity contribution is 0.0938. The Bertz CT molecular complexity index is 1610. The molecule has 1 aliphatic rings. The first-order valence-electron chi connectivity index (χ1n) is 11.9. The Morgan fingerprint density at radius 3 is 2.69 bits per heavy atom. The molecule has 0 spiro atoms. The molecule has 0 bridgehead atoms. The number of rotatable bonds is 5. The van der Waals surface area contributed by atoms with E-state index in [4.69, 9.17) is 0 Å². The van der Waals surface area contributed by atoms with Crippen molar-refractivity contribution >= 4 is 33.9 Å². The van der Waals surface area contributed by atoms with Crippen molar-refractivity contribution in [3.63, 3.8) is 0 Å². The number of H-pyrrole nitrogens is 1. The van der Waals surface area contributed by atoms with Crippen LogP contribution in [-0.2, 0) is 13.6 Å². The molecule has 5 heterocycles. The zero-order valence-electron chi connectivity index (χ0n) is 19.8. The molecular weight excluding hydrogens is 458 g/mol. The maximum absolute atomic E-state index is 12.9. The lowest BCUT2D eigenvalue weighted by Crippen LogP contribution is -2.37. The number of aryl methyl sites for hydroxylation is 1. The van der Waals surface area contributed by atoms with Crippen LogP contribution < -0.4 is 15.9 Å². The molecule has 0 atom stereocenters. The summed E-state index contributed by atoms with van der Waals surface area (Å²) in [6, 6.07) is 11.6. The van der Waals surface area contributed by atoms with Gasteiger partial charge in [0.2, 0.25) is 5.82 Å². The van der Waals surface area contributed by atoms with Gasteiger partial charge < -0.3 is 19.8 Å². The van der Waals surface area contributed by atoms with E-state index in [1.165, 1.54) is 6.33 Å². The third kappa shape index (κ3) is 3.78. The molecule has 1 aromatic carbocycles. The van der Waals surface area contributed by atoms with E-state index in [1.807, 2.05) is 41.0 Å². The molecule has 11 heteroatoms. The number of anilines is 1. The Hall–Kier alpha value is -4.54. The van der Waals surface area contributed by atoms with E-state index >= 15 is 0 Å². The minimum atomic E-state index is -0.282. The van der Waals surface area contributed by atoms with E-state index in [-0.39, 0.29) is 23.5 Å². The normalized spacial score (nSPS) is 14.5. The van der Waals surface area contributed by atoms with E-state index in [0.717, 1.165) is 29.4 Å². The second-order valence-corrected chi connectivity index (χ2v) is 8.94. The van der Waals surface area contributed by atoms with Gasteiger partial charge in [-0.1, -0.05) is 12.1 Å². The molecule has 36 heavy (non-hydrogen) atoms. The van der Waals surface area contributed by atoms with Crippen molar-refractivity contribution in [2.24, 2.45) is 7.05 Å². The van der Waals surface area contributed by atoms with Crippen LogP contribution in [0.1, 0.15) is 35.1 Å². The predicted octanol–water partition coefficient (Wildman–Crippen LogP) is 2.17. The minimum Gasteiger partial charge on any atom is -0.355 e. The van der Waals surface area contributed by atoms with E-state index in [1.54, 1.807) is 24.0 Å². The average Bonchev–Trinajstić information content (AvgIpc) is 3.44. The Balaban J connectivity index is 1.22. The van der Waals surface area contributed by atoms with Gasteiger partial charge in [-0.2, -0.15) is 0 Å². The number of piperidine rings is 1. The molecular formula is C25H25N9O2. The van der Waals surface area contributed by atoms with Crippen molar-refractivity contribution in [3.8, 4) is 0 Å². The smallest absolute Gasteiger partial charge is 0.326 e. The zero-order chi connectivity index (χ0) is 24.6. The third-order valence-electron chi connectivity index (χ3n) is 6.80. The van der Waals surface area contributed by atoms with Gasteiger partial charge in [0.15, 0.2) is 17.0 Å². The molecule has 11 nitrogen and oxygen atoms in total. The van der Waals surface area contributed by atoms with Crippen molar-refractivity contribution in [3.05, 3.63) is 77.0 Å². The molecule has 1 fully saturated rings. The number of carbonyl (C=O) groups is 1. The Labute approximate surface area is 205 Å². The number of fused-ring (bicyclic) bond motifs is 2. The van der Waals surface area contributed by atoms with Gasteiger partial charge in [-0.15, -0.1) is 0 Å². The topological polar surface area (TPSA) is 127 Å². The average molecular weight is 484 g/mol. The first-order chi connectivity index (χ1) is 17.6. The van der Waals surface area contributed by atoms with E-state index < -0.39 is 0 Å². The van der Waals surface area contributed by atoms with Gasteiger partial charge in [0.05, 0.1) is 11.0 Å². The van der Waals surface area contributed by atoms with Gasteiger partial charge in [0, 0.05) is 45.1 Å². The SMILES string of the molecule is Cn1c(C(=O)NCc2ccncc2)nc2c(N3CCC(n4c(=O)[nH]c5ccccc54)CC3)ncnc21. The minimum absolute atomic E-state index is 0.0776. The molecule has 0 aliphatic carbocycles. The van der Waals surface area contributed by atoms with Gasteiger partial charge in [0.25, 0.3) is 5.91 Å². The number of aromatic nitrogens is 7. The summed E-state index contributed by atoms with van der Waals surface area (Å²) in [5, 5.41) is 2.91. The summed E-state index contributed by atoms with van der Waals surface area (Å²) in [6.45, 7) is 1.80. The summed E-state index contributed by atoms with van der Waals surface area (Å²) in [4.78, 5) is 48.2. The van der Waals surface area contributed by atoms with Crippen molar-refractivity contribution in [1.82, 2.24) is 39.4 Å². The number of pyridine rings is 1. The van der Waals surface area contributed by atoms with Crippen LogP contribution in [0.4, 0.5) is 5.82 Å². The number of hydrogen-bond donors (Lipinski definition) is 2. The molecule has 2 N–H and O–H groups in total. The number of amides is 1. The van der Waals surface area contributed by atoms with Crippen LogP contribution in [0.25, 0.3) is 22.2 Å². The molecule has 4 aromatic heterocycles. The number of aromatic amines is 1. The number of hydrogen-bond acceptors (Lipinski definition) is 7. The zero-order valence-corrected chi connectivity index (χ0v) is 19.8. The number of nitrogens with one attached hydrogen (secondary N) is 2. The molecule has 182 valence electrons. The fourth-order valence-corrected chi connectivity index (χ4v) is 4.96. The number of imidazole rings is 2. The summed E-state index contributed by atoms with van der Waals surface area (Å²) >= 11 is 0. The van der Waals surface area contributed by atoms with Gasteiger partial charge in [0.1, 0.15) is 6.33 Å². The fourth-order valence-electron chi connectivity index (χ4n) is 4.96. The Morgan fingerprint density at radius 1 is 1.11 bits per heavy atom. The van der Waals surface area contributed by atoms with Crippen LogP contribution in [0.15, 0.2) is 59.9 Å².